The third-order valence-corrected chi connectivity index (χ3v) is 5.73. The van der Waals surface area contributed by atoms with Gasteiger partial charge in [-0.15, -0.1) is 0 Å². The second-order valence-corrected chi connectivity index (χ2v) is 7.54. The van der Waals surface area contributed by atoms with Crippen LogP contribution in [0.25, 0.3) is 11.4 Å². The highest BCUT2D eigenvalue weighted by Gasteiger charge is 2.27. The van der Waals surface area contributed by atoms with E-state index in [9.17, 15) is 0 Å². The van der Waals surface area contributed by atoms with Gasteiger partial charge in [0.15, 0.2) is 11.5 Å². The van der Waals surface area contributed by atoms with Gasteiger partial charge in [0.05, 0.1) is 33.4 Å². The summed E-state index contributed by atoms with van der Waals surface area (Å²) in [6, 6.07) is 11.7. The molecule has 0 spiro atoms. The summed E-state index contributed by atoms with van der Waals surface area (Å²) >= 11 is 6.37. The van der Waals surface area contributed by atoms with E-state index in [1.807, 2.05) is 24.3 Å². The number of hydrogen-bond acceptors (Lipinski definition) is 7. The molecule has 8 heteroatoms. The number of rotatable bonds is 7. The Hall–Kier alpha value is -2.77. The van der Waals surface area contributed by atoms with Crippen LogP contribution in [0.15, 0.2) is 40.9 Å². The molecule has 0 amide bonds. The van der Waals surface area contributed by atoms with Crippen molar-refractivity contribution >= 4 is 11.6 Å². The highest BCUT2D eigenvalue weighted by molar-refractivity contribution is 6.31. The molecule has 1 atom stereocenters. The molecule has 1 aliphatic rings. The first-order chi connectivity index (χ1) is 14.6. The van der Waals surface area contributed by atoms with Crippen molar-refractivity contribution in [2.24, 2.45) is 0 Å². The van der Waals surface area contributed by atoms with Gasteiger partial charge in [-0.2, -0.15) is 4.98 Å². The van der Waals surface area contributed by atoms with Crippen molar-refractivity contribution in [2.75, 3.05) is 34.4 Å². The first kappa shape index (κ1) is 20.5. The van der Waals surface area contributed by atoms with Gasteiger partial charge in [0, 0.05) is 11.6 Å². The number of benzene rings is 2. The molecule has 158 valence electrons. The van der Waals surface area contributed by atoms with Gasteiger partial charge in [-0.25, -0.2) is 0 Å². The highest BCUT2D eigenvalue weighted by atomic mass is 35.5. The van der Waals surface area contributed by atoms with Gasteiger partial charge in [0.1, 0.15) is 0 Å². The van der Waals surface area contributed by atoms with Crippen molar-refractivity contribution in [3.05, 3.63) is 52.9 Å². The maximum absolute atomic E-state index is 6.37. The monoisotopic (exact) mass is 429 g/mol. The topological polar surface area (TPSA) is 69.9 Å². The Morgan fingerprint density at radius 1 is 1.07 bits per heavy atom. The van der Waals surface area contributed by atoms with E-state index in [0.29, 0.717) is 47.0 Å². The molecule has 1 aliphatic heterocycles. The largest absolute Gasteiger partial charge is 0.493 e. The van der Waals surface area contributed by atoms with E-state index in [4.69, 9.17) is 30.3 Å². The van der Waals surface area contributed by atoms with Crippen LogP contribution in [0.4, 0.5) is 0 Å². The first-order valence-corrected chi connectivity index (χ1v) is 10.1. The van der Waals surface area contributed by atoms with Crippen LogP contribution in [0, 0.1) is 0 Å². The van der Waals surface area contributed by atoms with E-state index in [1.54, 1.807) is 27.4 Å². The number of likely N-dealkylation sites (tertiary alicyclic amines) is 1. The molecule has 1 saturated heterocycles. The highest BCUT2D eigenvalue weighted by Crippen LogP contribution is 2.43. The van der Waals surface area contributed by atoms with E-state index in [-0.39, 0.29) is 0 Å². The quantitative estimate of drug-likeness (QED) is 0.551. The zero-order chi connectivity index (χ0) is 21.1. The summed E-state index contributed by atoms with van der Waals surface area (Å²) in [5.74, 6) is 2.98. The van der Waals surface area contributed by atoms with Crippen LogP contribution in [0.2, 0.25) is 5.02 Å². The number of halogens is 1. The van der Waals surface area contributed by atoms with E-state index in [1.165, 1.54) is 5.56 Å². The molecule has 0 radical (unpaired) electrons. The molecule has 4 rings (SSSR count). The molecule has 0 saturated carbocycles. The van der Waals surface area contributed by atoms with Crippen molar-refractivity contribution in [3.63, 3.8) is 0 Å². The number of hydrogen-bond donors (Lipinski definition) is 0. The maximum Gasteiger partial charge on any atom is 0.241 e. The first-order valence-electron chi connectivity index (χ1n) is 9.73. The van der Waals surface area contributed by atoms with Crippen LogP contribution in [0.1, 0.15) is 23.8 Å². The second kappa shape index (κ2) is 8.93. The minimum atomic E-state index is 0.409. The smallest absolute Gasteiger partial charge is 0.241 e. The Balaban J connectivity index is 1.50. The average molecular weight is 430 g/mol. The van der Waals surface area contributed by atoms with Gasteiger partial charge in [-0.3, -0.25) is 4.90 Å². The van der Waals surface area contributed by atoms with Gasteiger partial charge in [-0.1, -0.05) is 35.0 Å². The molecule has 2 aromatic carbocycles. The summed E-state index contributed by atoms with van der Waals surface area (Å²) in [6.45, 7) is 2.44. The molecule has 30 heavy (non-hydrogen) atoms. The molecular formula is C22H24ClN3O4. The van der Waals surface area contributed by atoms with Crippen LogP contribution < -0.4 is 14.2 Å². The Morgan fingerprint density at radius 2 is 1.87 bits per heavy atom. The predicted molar refractivity (Wildman–Crippen MR) is 113 cm³/mol. The summed E-state index contributed by atoms with van der Waals surface area (Å²) in [5, 5.41) is 4.97. The lowest BCUT2D eigenvalue weighted by Gasteiger charge is -2.14. The van der Waals surface area contributed by atoms with E-state index in [2.05, 4.69) is 21.1 Å². The van der Waals surface area contributed by atoms with Crippen molar-refractivity contribution in [3.8, 4) is 28.6 Å². The summed E-state index contributed by atoms with van der Waals surface area (Å²) in [6.07, 6.45) is 1.05. The van der Waals surface area contributed by atoms with Crippen molar-refractivity contribution in [1.82, 2.24) is 15.0 Å². The number of aromatic nitrogens is 2. The fourth-order valence-corrected chi connectivity index (χ4v) is 4.22. The van der Waals surface area contributed by atoms with E-state index in [0.717, 1.165) is 24.5 Å². The molecule has 2 heterocycles. The lowest BCUT2D eigenvalue weighted by molar-refractivity contribution is 0.265. The molecule has 0 aliphatic carbocycles. The normalized spacial score (nSPS) is 16.6. The van der Waals surface area contributed by atoms with Gasteiger partial charge >= 0.3 is 0 Å². The van der Waals surface area contributed by atoms with Gasteiger partial charge in [-0.05, 0) is 42.6 Å². The average Bonchev–Trinajstić information content (AvgIpc) is 3.43. The molecule has 0 bridgehead atoms. The standard InChI is InChI=1S/C22H24ClN3O4/c1-27-18-9-8-16(20(28-2)21(18)29-3)22-24-19(30-25-22)13-26-11-10-14(12-26)15-6-4-5-7-17(15)23/h4-9,14H,10-13H2,1-3H3/t14-/m0/s1. The molecule has 1 fully saturated rings. The molecule has 0 N–H and O–H groups in total. The van der Waals surface area contributed by atoms with Crippen molar-refractivity contribution in [1.29, 1.82) is 0 Å². The third kappa shape index (κ3) is 3.95. The summed E-state index contributed by atoms with van der Waals surface area (Å²) in [4.78, 5) is 6.88. The van der Waals surface area contributed by atoms with Gasteiger partial charge in [0.25, 0.3) is 0 Å². The zero-order valence-corrected chi connectivity index (χ0v) is 18.0. The Bertz CT molecular complexity index is 1020. The number of nitrogens with zero attached hydrogens (tertiary/aromatic N) is 3. The fraction of sp³-hybridized carbons (Fsp3) is 0.364. The minimum absolute atomic E-state index is 0.409. The number of ether oxygens (including phenoxy) is 3. The summed E-state index contributed by atoms with van der Waals surface area (Å²) in [7, 11) is 4.71. The maximum atomic E-state index is 6.37. The summed E-state index contributed by atoms with van der Waals surface area (Å²) < 4.78 is 21.8. The van der Waals surface area contributed by atoms with Crippen molar-refractivity contribution < 1.29 is 18.7 Å². The molecular weight excluding hydrogens is 406 g/mol. The van der Waals surface area contributed by atoms with E-state index >= 15 is 0 Å². The Labute approximate surface area is 180 Å². The number of methoxy groups -OCH3 is 3. The van der Waals surface area contributed by atoms with Gasteiger partial charge in [0.2, 0.25) is 17.5 Å². The third-order valence-electron chi connectivity index (χ3n) is 5.39. The second-order valence-electron chi connectivity index (χ2n) is 7.14. The predicted octanol–water partition coefficient (Wildman–Crippen LogP) is 4.41. The van der Waals surface area contributed by atoms with Crippen LogP contribution >= 0.6 is 11.6 Å². The van der Waals surface area contributed by atoms with E-state index < -0.39 is 0 Å². The Kier molecular flexibility index (Phi) is 6.11. The molecule has 3 aromatic rings. The van der Waals surface area contributed by atoms with Crippen LogP contribution in [0.5, 0.6) is 17.2 Å². The van der Waals surface area contributed by atoms with Crippen LogP contribution in [-0.2, 0) is 6.54 Å². The van der Waals surface area contributed by atoms with Gasteiger partial charge < -0.3 is 18.7 Å². The van der Waals surface area contributed by atoms with Crippen molar-refractivity contribution in [2.45, 2.75) is 18.9 Å². The Morgan fingerprint density at radius 3 is 2.60 bits per heavy atom. The molecule has 1 aromatic heterocycles. The fourth-order valence-electron chi connectivity index (χ4n) is 3.93. The zero-order valence-electron chi connectivity index (χ0n) is 17.2. The molecule has 0 unspecified atom stereocenters. The molecule has 7 nitrogen and oxygen atoms in total. The lowest BCUT2D eigenvalue weighted by Crippen LogP contribution is -2.20. The van der Waals surface area contributed by atoms with Crippen LogP contribution in [-0.4, -0.2) is 49.5 Å². The summed E-state index contributed by atoms with van der Waals surface area (Å²) in [5.41, 5.74) is 1.88. The minimum Gasteiger partial charge on any atom is -0.493 e. The van der Waals surface area contributed by atoms with Crippen LogP contribution in [0.3, 0.4) is 0 Å². The SMILES string of the molecule is COc1ccc(-c2noc(CN3CC[C@H](c4ccccc4Cl)C3)n2)c(OC)c1OC. The lowest BCUT2D eigenvalue weighted by atomic mass is 9.98.